The van der Waals surface area contributed by atoms with Crippen LogP contribution in [0, 0.1) is 5.92 Å². The van der Waals surface area contributed by atoms with Gasteiger partial charge in [-0.05, 0) is 39.2 Å². The molecule has 1 fully saturated rings. The van der Waals surface area contributed by atoms with E-state index in [2.05, 4.69) is 29.4 Å². The molecule has 0 radical (unpaired) electrons. The quantitative estimate of drug-likeness (QED) is 0.897. The fraction of sp³-hybridized carbons (Fsp3) is 0.769. The van der Waals surface area contributed by atoms with Crippen molar-refractivity contribution in [3.05, 3.63) is 11.1 Å². The monoisotopic (exact) mass is 253 g/mol. The van der Waals surface area contributed by atoms with Gasteiger partial charge in [0.05, 0.1) is 5.69 Å². The average molecular weight is 253 g/mol. The molecule has 1 N–H and O–H groups in total. The fourth-order valence-corrected chi connectivity index (χ4v) is 3.20. The van der Waals surface area contributed by atoms with E-state index in [0.29, 0.717) is 6.04 Å². The molecular formula is C13H23N3S. The van der Waals surface area contributed by atoms with Crippen LogP contribution in [0.5, 0.6) is 0 Å². The first-order valence-corrected chi connectivity index (χ1v) is 7.46. The molecule has 0 aliphatic carbocycles. The molecule has 0 aromatic carbocycles. The van der Waals surface area contributed by atoms with Gasteiger partial charge in [-0.15, -0.1) is 11.3 Å². The summed E-state index contributed by atoms with van der Waals surface area (Å²) in [6, 6.07) is 0.353. The standard InChI is InChI=1S/C13H23N3S/c1-10-5-4-7-16(8-6-10)13-15-12(9-17-13)11(2)14-3/h9-11,14H,4-8H2,1-3H3. The second-order valence-corrected chi connectivity index (χ2v) is 5.92. The summed E-state index contributed by atoms with van der Waals surface area (Å²) in [4.78, 5) is 7.21. The summed E-state index contributed by atoms with van der Waals surface area (Å²) >= 11 is 1.79. The Morgan fingerprint density at radius 1 is 1.47 bits per heavy atom. The Balaban J connectivity index is 2.03. The maximum absolute atomic E-state index is 4.75. The minimum Gasteiger partial charge on any atom is -0.348 e. The fourth-order valence-electron chi connectivity index (χ4n) is 2.22. The predicted molar refractivity (Wildman–Crippen MR) is 74.8 cm³/mol. The van der Waals surface area contributed by atoms with E-state index in [9.17, 15) is 0 Å². The Bertz CT molecular complexity index is 350. The molecule has 1 aromatic heterocycles. The number of hydrogen-bond donors (Lipinski definition) is 1. The van der Waals surface area contributed by atoms with E-state index in [1.54, 1.807) is 11.3 Å². The van der Waals surface area contributed by atoms with E-state index in [1.165, 1.54) is 43.2 Å². The van der Waals surface area contributed by atoms with Crippen LogP contribution in [0.1, 0.15) is 44.8 Å². The number of nitrogens with zero attached hydrogens (tertiary/aromatic N) is 2. The van der Waals surface area contributed by atoms with Gasteiger partial charge >= 0.3 is 0 Å². The highest BCUT2D eigenvalue weighted by molar-refractivity contribution is 7.13. The molecule has 17 heavy (non-hydrogen) atoms. The summed E-state index contributed by atoms with van der Waals surface area (Å²) in [5.74, 6) is 0.871. The molecule has 2 rings (SSSR count). The molecule has 4 heteroatoms. The zero-order chi connectivity index (χ0) is 12.3. The van der Waals surface area contributed by atoms with Crippen molar-refractivity contribution in [2.45, 2.75) is 39.2 Å². The van der Waals surface area contributed by atoms with Gasteiger partial charge in [-0.2, -0.15) is 0 Å². The molecule has 2 heterocycles. The Labute approximate surface area is 108 Å². The van der Waals surface area contributed by atoms with Gasteiger partial charge in [0.25, 0.3) is 0 Å². The van der Waals surface area contributed by atoms with E-state index in [0.717, 1.165) is 5.92 Å². The molecule has 1 aromatic rings. The maximum atomic E-state index is 4.75. The third kappa shape index (κ3) is 3.19. The van der Waals surface area contributed by atoms with Crippen LogP contribution in [0.25, 0.3) is 0 Å². The molecule has 1 aliphatic rings. The Morgan fingerprint density at radius 2 is 2.29 bits per heavy atom. The minimum atomic E-state index is 0.353. The molecular weight excluding hydrogens is 230 g/mol. The Morgan fingerprint density at radius 3 is 3.06 bits per heavy atom. The van der Waals surface area contributed by atoms with Gasteiger partial charge < -0.3 is 10.2 Å². The van der Waals surface area contributed by atoms with Crippen molar-refractivity contribution in [3.63, 3.8) is 0 Å². The lowest BCUT2D eigenvalue weighted by atomic mass is 10.0. The normalized spacial score (nSPS) is 23.5. The first kappa shape index (κ1) is 12.8. The number of rotatable bonds is 3. The van der Waals surface area contributed by atoms with Crippen LogP contribution in [0.2, 0.25) is 0 Å². The van der Waals surface area contributed by atoms with Crippen LogP contribution in [-0.4, -0.2) is 25.1 Å². The molecule has 96 valence electrons. The SMILES string of the molecule is CNC(C)c1csc(N2CCCC(C)CC2)n1. The van der Waals surface area contributed by atoms with Crippen molar-refractivity contribution in [2.75, 3.05) is 25.0 Å². The van der Waals surface area contributed by atoms with Gasteiger partial charge in [0, 0.05) is 24.5 Å². The third-order valence-electron chi connectivity index (χ3n) is 3.67. The first-order valence-electron chi connectivity index (χ1n) is 6.58. The van der Waals surface area contributed by atoms with E-state index in [1.807, 2.05) is 7.05 Å². The number of hydrogen-bond acceptors (Lipinski definition) is 4. The number of thiazole rings is 1. The number of anilines is 1. The highest BCUT2D eigenvalue weighted by Crippen LogP contribution is 2.27. The summed E-state index contributed by atoms with van der Waals surface area (Å²) in [7, 11) is 1.98. The van der Waals surface area contributed by atoms with Crippen molar-refractivity contribution in [2.24, 2.45) is 5.92 Å². The van der Waals surface area contributed by atoms with Gasteiger partial charge in [0.15, 0.2) is 5.13 Å². The summed E-state index contributed by atoms with van der Waals surface area (Å²) in [6.45, 7) is 6.86. The summed E-state index contributed by atoms with van der Waals surface area (Å²) < 4.78 is 0. The van der Waals surface area contributed by atoms with E-state index < -0.39 is 0 Å². The molecule has 0 saturated carbocycles. The van der Waals surface area contributed by atoms with Gasteiger partial charge in [0.2, 0.25) is 0 Å². The van der Waals surface area contributed by atoms with Crippen molar-refractivity contribution >= 4 is 16.5 Å². The second-order valence-electron chi connectivity index (χ2n) is 5.09. The maximum Gasteiger partial charge on any atom is 0.185 e. The zero-order valence-corrected chi connectivity index (χ0v) is 11.9. The zero-order valence-electron chi connectivity index (χ0n) is 11.1. The summed E-state index contributed by atoms with van der Waals surface area (Å²) in [5.41, 5.74) is 1.17. The number of nitrogens with one attached hydrogen (secondary N) is 1. The molecule has 0 amide bonds. The molecule has 1 aliphatic heterocycles. The summed E-state index contributed by atoms with van der Waals surface area (Å²) in [5, 5.41) is 6.63. The smallest absolute Gasteiger partial charge is 0.185 e. The highest BCUT2D eigenvalue weighted by Gasteiger charge is 2.17. The lowest BCUT2D eigenvalue weighted by molar-refractivity contribution is 0.521. The number of aromatic nitrogens is 1. The lowest BCUT2D eigenvalue weighted by Gasteiger charge is -2.19. The van der Waals surface area contributed by atoms with Crippen LogP contribution < -0.4 is 10.2 Å². The third-order valence-corrected chi connectivity index (χ3v) is 4.59. The Kier molecular flexibility index (Phi) is 4.40. The molecule has 2 unspecified atom stereocenters. The van der Waals surface area contributed by atoms with Gasteiger partial charge in [-0.1, -0.05) is 6.92 Å². The average Bonchev–Trinajstić information content (AvgIpc) is 2.72. The van der Waals surface area contributed by atoms with E-state index in [4.69, 9.17) is 4.98 Å². The lowest BCUT2D eigenvalue weighted by Crippen LogP contribution is -2.24. The minimum absolute atomic E-state index is 0.353. The van der Waals surface area contributed by atoms with E-state index in [-0.39, 0.29) is 0 Å². The van der Waals surface area contributed by atoms with Crippen LogP contribution >= 0.6 is 11.3 Å². The second kappa shape index (κ2) is 5.83. The molecule has 2 atom stereocenters. The van der Waals surface area contributed by atoms with Crippen LogP contribution in [0.15, 0.2) is 5.38 Å². The highest BCUT2D eigenvalue weighted by atomic mass is 32.1. The van der Waals surface area contributed by atoms with Crippen molar-refractivity contribution in [1.82, 2.24) is 10.3 Å². The van der Waals surface area contributed by atoms with Gasteiger partial charge in [-0.25, -0.2) is 4.98 Å². The van der Waals surface area contributed by atoms with Gasteiger partial charge in [0.1, 0.15) is 0 Å². The van der Waals surface area contributed by atoms with Crippen LogP contribution in [-0.2, 0) is 0 Å². The largest absolute Gasteiger partial charge is 0.348 e. The Hall–Kier alpha value is -0.610. The van der Waals surface area contributed by atoms with Crippen LogP contribution in [0.3, 0.4) is 0 Å². The first-order chi connectivity index (χ1) is 8.20. The van der Waals surface area contributed by atoms with Crippen LogP contribution in [0.4, 0.5) is 5.13 Å². The topological polar surface area (TPSA) is 28.2 Å². The molecule has 3 nitrogen and oxygen atoms in total. The molecule has 0 spiro atoms. The van der Waals surface area contributed by atoms with E-state index >= 15 is 0 Å². The summed E-state index contributed by atoms with van der Waals surface area (Å²) in [6.07, 6.45) is 3.97. The predicted octanol–water partition coefficient (Wildman–Crippen LogP) is 3.05. The molecule has 0 bridgehead atoms. The van der Waals surface area contributed by atoms with Crippen molar-refractivity contribution in [3.8, 4) is 0 Å². The van der Waals surface area contributed by atoms with Crippen molar-refractivity contribution in [1.29, 1.82) is 0 Å². The van der Waals surface area contributed by atoms with Gasteiger partial charge in [-0.3, -0.25) is 0 Å². The molecule has 1 saturated heterocycles. The van der Waals surface area contributed by atoms with Crippen molar-refractivity contribution < 1.29 is 0 Å².